The summed E-state index contributed by atoms with van der Waals surface area (Å²) in [6.45, 7) is 4.72. The third-order valence-corrected chi connectivity index (χ3v) is 6.84. The first-order valence-corrected chi connectivity index (χ1v) is 12.1. The third-order valence-electron chi connectivity index (χ3n) is 6.53. The molecule has 0 bridgehead atoms. The maximum absolute atomic E-state index is 14.7. The lowest BCUT2D eigenvalue weighted by atomic mass is 9.85. The van der Waals surface area contributed by atoms with E-state index in [9.17, 15) is 14.3 Å². The number of aromatic nitrogens is 1. The van der Waals surface area contributed by atoms with Gasteiger partial charge in [0.15, 0.2) is 6.10 Å². The number of hydrogen-bond acceptors (Lipinski definition) is 4. The van der Waals surface area contributed by atoms with E-state index in [0.717, 1.165) is 36.0 Å². The molecule has 4 aromatic rings. The van der Waals surface area contributed by atoms with Gasteiger partial charge in [0.1, 0.15) is 11.6 Å². The molecular weight excluding hydrogens is 469 g/mol. The van der Waals surface area contributed by atoms with Gasteiger partial charge in [-0.2, -0.15) is 0 Å². The highest BCUT2D eigenvalue weighted by Gasteiger charge is 2.30. The smallest absolute Gasteiger partial charge is 0.337 e. The zero-order chi connectivity index (χ0) is 24.7. The number of ether oxygens (including phenoxy) is 2. The minimum absolute atomic E-state index is 0.258. The second-order valence-electron chi connectivity index (χ2n) is 8.81. The van der Waals surface area contributed by atoms with Crippen molar-refractivity contribution in [1.29, 1.82) is 0 Å². The minimum Gasteiger partial charge on any atom is -0.493 e. The van der Waals surface area contributed by atoms with Crippen molar-refractivity contribution in [2.45, 2.75) is 39.2 Å². The SMILES string of the molecule is CCCCOC(C(=O)O)c1c(C)cc2c(Cl)cc(F)cc2c1-c1ccc2c3c(ccnc13)CCO2. The summed E-state index contributed by atoms with van der Waals surface area (Å²) in [6, 6.07) is 10.2. The van der Waals surface area contributed by atoms with Crippen LogP contribution in [0.15, 0.2) is 42.6 Å². The summed E-state index contributed by atoms with van der Waals surface area (Å²) in [4.78, 5) is 17.1. The molecule has 5 rings (SSSR count). The van der Waals surface area contributed by atoms with Crippen molar-refractivity contribution in [2.24, 2.45) is 0 Å². The number of aliphatic carboxylic acids is 1. The van der Waals surface area contributed by atoms with E-state index in [1.165, 1.54) is 12.1 Å². The molecule has 35 heavy (non-hydrogen) atoms. The molecule has 1 aliphatic heterocycles. The first-order valence-electron chi connectivity index (χ1n) is 11.7. The first kappa shape index (κ1) is 23.5. The van der Waals surface area contributed by atoms with E-state index in [1.54, 1.807) is 12.3 Å². The van der Waals surface area contributed by atoms with Crippen LogP contribution in [0.4, 0.5) is 4.39 Å². The van der Waals surface area contributed by atoms with Crippen molar-refractivity contribution in [1.82, 2.24) is 4.98 Å². The van der Waals surface area contributed by atoms with Crippen LogP contribution in [-0.4, -0.2) is 29.3 Å². The summed E-state index contributed by atoms with van der Waals surface area (Å²) in [5.74, 6) is -0.877. The van der Waals surface area contributed by atoms with Crippen LogP contribution >= 0.6 is 11.6 Å². The highest BCUT2D eigenvalue weighted by molar-refractivity contribution is 6.36. The Morgan fingerprint density at radius 3 is 2.86 bits per heavy atom. The number of nitrogens with zero attached hydrogens (tertiary/aromatic N) is 1. The number of halogens is 2. The maximum atomic E-state index is 14.7. The predicted molar refractivity (Wildman–Crippen MR) is 135 cm³/mol. The number of hydrogen-bond donors (Lipinski definition) is 1. The molecule has 3 aromatic carbocycles. The number of carboxylic acid groups (broad SMARTS) is 1. The van der Waals surface area contributed by atoms with E-state index < -0.39 is 17.9 Å². The van der Waals surface area contributed by atoms with Crippen LogP contribution in [0.5, 0.6) is 5.75 Å². The van der Waals surface area contributed by atoms with Gasteiger partial charge in [-0.1, -0.05) is 24.9 Å². The van der Waals surface area contributed by atoms with Gasteiger partial charge in [0.2, 0.25) is 0 Å². The minimum atomic E-state index is -1.23. The number of aryl methyl sites for hydroxylation is 1. The molecule has 0 radical (unpaired) electrons. The van der Waals surface area contributed by atoms with Crippen molar-refractivity contribution in [3.8, 4) is 16.9 Å². The fourth-order valence-corrected chi connectivity index (χ4v) is 5.19. The summed E-state index contributed by atoms with van der Waals surface area (Å²) in [5, 5.41) is 12.5. The van der Waals surface area contributed by atoms with E-state index in [4.69, 9.17) is 21.1 Å². The molecule has 2 heterocycles. The number of benzene rings is 3. The molecular formula is C28H25ClFNO4. The lowest BCUT2D eigenvalue weighted by molar-refractivity contribution is -0.151. The molecule has 1 unspecified atom stereocenters. The Labute approximate surface area is 207 Å². The van der Waals surface area contributed by atoms with Crippen LogP contribution in [0.3, 0.4) is 0 Å². The number of fused-ring (bicyclic) bond motifs is 1. The third kappa shape index (κ3) is 4.11. The molecule has 1 aromatic heterocycles. The van der Waals surface area contributed by atoms with Crippen molar-refractivity contribution in [3.63, 3.8) is 0 Å². The summed E-state index contributed by atoms with van der Waals surface area (Å²) < 4.78 is 26.5. The predicted octanol–water partition coefficient (Wildman–Crippen LogP) is 7.03. The van der Waals surface area contributed by atoms with Crippen molar-refractivity contribution >= 4 is 39.2 Å². The van der Waals surface area contributed by atoms with Crippen LogP contribution in [-0.2, 0) is 16.0 Å². The Bertz CT molecular complexity index is 1460. The number of carboxylic acids is 1. The maximum Gasteiger partial charge on any atom is 0.337 e. The van der Waals surface area contributed by atoms with E-state index in [-0.39, 0.29) is 5.02 Å². The molecule has 1 atom stereocenters. The molecule has 1 N–H and O–H groups in total. The second kappa shape index (κ2) is 9.44. The molecule has 0 fully saturated rings. The van der Waals surface area contributed by atoms with Gasteiger partial charge in [-0.15, -0.1) is 0 Å². The first-order chi connectivity index (χ1) is 16.9. The van der Waals surface area contributed by atoms with Crippen LogP contribution in [0.2, 0.25) is 5.02 Å². The zero-order valence-corrected chi connectivity index (χ0v) is 20.3. The van der Waals surface area contributed by atoms with E-state index in [1.807, 2.05) is 32.0 Å². The quantitative estimate of drug-likeness (QED) is 0.280. The van der Waals surface area contributed by atoms with E-state index >= 15 is 0 Å². The van der Waals surface area contributed by atoms with E-state index in [0.29, 0.717) is 51.8 Å². The normalized spacial score (nSPS) is 13.7. The van der Waals surface area contributed by atoms with E-state index in [2.05, 4.69) is 4.98 Å². The number of rotatable bonds is 7. The lowest BCUT2D eigenvalue weighted by Gasteiger charge is -2.25. The van der Waals surface area contributed by atoms with Crippen LogP contribution in [0, 0.1) is 12.7 Å². The van der Waals surface area contributed by atoms with Crippen molar-refractivity contribution < 1.29 is 23.8 Å². The number of unbranched alkanes of at least 4 members (excludes halogenated alkanes) is 1. The summed E-state index contributed by atoms with van der Waals surface area (Å²) in [6.07, 6.45) is 2.86. The highest BCUT2D eigenvalue weighted by Crippen LogP contribution is 2.45. The van der Waals surface area contributed by atoms with Crippen molar-refractivity contribution in [3.05, 3.63) is 70.1 Å². The number of carbonyl (C=O) groups is 1. The monoisotopic (exact) mass is 493 g/mol. The molecule has 180 valence electrons. The zero-order valence-electron chi connectivity index (χ0n) is 19.5. The molecule has 0 saturated carbocycles. The van der Waals surface area contributed by atoms with Gasteiger partial charge in [-0.05, 0) is 71.8 Å². The molecule has 0 aliphatic carbocycles. The molecule has 0 saturated heterocycles. The van der Waals surface area contributed by atoms with Crippen LogP contribution in [0.1, 0.15) is 42.6 Å². The van der Waals surface area contributed by atoms with Gasteiger partial charge < -0.3 is 14.6 Å². The van der Waals surface area contributed by atoms with Gasteiger partial charge in [-0.25, -0.2) is 9.18 Å². The lowest BCUT2D eigenvalue weighted by Crippen LogP contribution is -2.18. The molecule has 0 amide bonds. The Kier molecular flexibility index (Phi) is 6.34. The summed E-state index contributed by atoms with van der Waals surface area (Å²) in [7, 11) is 0. The molecule has 0 spiro atoms. The average molecular weight is 494 g/mol. The Morgan fingerprint density at radius 2 is 2.09 bits per heavy atom. The fraction of sp³-hybridized carbons (Fsp3) is 0.286. The summed E-state index contributed by atoms with van der Waals surface area (Å²) in [5.41, 5.74) is 4.20. The van der Waals surface area contributed by atoms with Crippen molar-refractivity contribution in [2.75, 3.05) is 13.2 Å². The second-order valence-corrected chi connectivity index (χ2v) is 9.22. The van der Waals surface area contributed by atoms with Gasteiger partial charge in [0, 0.05) is 41.1 Å². The highest BCUT2D eigenvalue weighted by atomic mass is 35.5. The molecule has 5 nitrogen and oxygen atoms in total. The molecule has 1 aliphatic rings. The largest absolute Gasteiger partial charge is 0.493 e. The summed E-state index contributed by atoms with van der Waals surface area (Å²) >= 11 is 6.47. The van der Waals surface area contributed by atoms with Gasteiger partial charge in [0.25, 0.3) is 0 Å². The van der Waals surface area contributed by atoms with Gasteiger partial charge in [0.05, 0.1) is 17.1 Å². The fourth-order valence-electron chi connectivity index (χ4n) is 4.93. The molecule has 7 heteroatoms. The standard InChI is InChI=1S/C28H25ClFNO4/c1-3-4-10-35-27(28(32)33)23-15(2)12-19-20(13-17(30)14-21(19)29)25(23)18-5-6-22-24-16(8-11-34-22)7-9-31-26(18)24/h5-7,9,12-14,27H,3-4,8,10-11H2,1-2H3,(H,32,33). The average Bonchev–Trinajstić information content (AvgIpc) is 2.83. The van der Waals surface area contributed by atoms with Crippen LogP contribution < -0.4 is 4.74 Å². The van der Waals surface area contributed by atoms with Gasteiger partial charge in [-0.3, -0.25) is 4.98 Å². The Hall–Kier alpha value is -3.22. The van der Waals surface area contributed by atoms with Crippen LogP contribution in [0.25, 0.3) is 32.8 Å². The Morgan fingerprint density at radius 1 is 1.26 bits per heavy atom. The van der Waals surface area contributed by atoms with Gasteiger partial charge >= 0.3 is 5.97 Å². The number of pyridine rings is 1. The topological polar surface area (TPSA) is 68.7 Å². The Balaban J connectivity index is 1.89.